The maximum atomic E-state index is 13.9. The number of nitriles is 1. The van der Waals surface area contributed by atoms with Crippen molar-refractivity contribution in [3.05, 3.63) is 41.0 Å². The van der Waals surface area contributed by atoms with Crippen LogP contribution < -0.4 is 10.6 Å². The van der Waals surface area contributed by atoms with Crippen LogP contribution in [-0.2, 0) is 20.9 Å². The minimum absolute atomic E-state index is 0.196. The van der Waals surface area contributed by atoms with Crippen molar-refractivity contribution in [3.63, 3.8) is 0 Å². The van der Waals surface area contributed by atoms with Crippen molar-refractivity contribution >= 4 is 40.8 Å². The van der Waals surface area contributed by atoms with E-state index in [0.29, 0.717) is 38.8 Å². The first-order chi connectivity index (χ1) is 18.5. The molecule has 208 valence electrons. The monoisotopic (exact) mass is 567 g/mol. The van der Waals surface area contributed by atoms with Gasteiger partial charge in [0.1, 0.15) is 17.5 Å². The highest BCUT2D eigenvalue weighted by molar-refractivity contribution is 8.01. The molecule has 0 bridgehead atoms. The summed E-state index contributed by atoms with van der Waals surface area (Å²) in [4.78, 5) is 47.3. The van der Waals surface area contributed by atoms with Gasteiger partial charge in [0.25, 0.3) is 0 Å². The van der Waals surface area contributed by atoms with E-state index < -0.39 is 28.2 Å². The molecule has 3 amide bonds. The van der Waals surface area contributed by atoms with E-state index >= 15 is 0 Å². The third kappa shape index (κ3) is 6.47. The van der Waals surface area contributed by atoms with Crippen LogP contribution in [0.15, 0.2) is 29.8 Å². The average molecular weight is 568 g/mol. The Morgan fingerprint density at radius 3 is 2.51 bits per heavy atom. The number of hydrogen-bond donors (Lipinski definition) is 2. The maximum absolute atomic E-state index is 13.9. The lowest BCUT2D eigenvalue weighted by Crippen LogP contribution is -2.60. The zero-order valence-electron chi connectivity index (χ0n) is 23.2. The second kappa shape index (κ2) is 11.7. The standard InChI is InChI=1S/C29H37N5O3S2/c1-18(2)39-28(4,5)24(33-27(37)29(16-30)12-13-29)26(36)34-14-6-7-22(34)25(35)31-15-20-8-10-21(11-9-20)23-19(3)32-17-38-23/h8-11,17-18,22,24H,6-7,12-15H2,1-5H3,(H,31,35)(H,33,37). The highest BCUT2D eigenvalue weighted by Crippen LogP contribution is 2.45. The van der Waals surface area contributed by atoms with Gasteiger partial charge in [-0.15, -0.1) is 11.3 Å². The average Bonchev–Trinajstić information content (AvgIpc) is 3.32. The summed E-state index contributed by atoms with van der Waals surface area (Å²) in [6.45, 7) is 10.8. The molecule has 1 saturated heterocycles. The molecular formula is C29H37N5O3S2. The van der Waals surface area contributed by atoms with Crippen LogP contribution in [0.1, 0.15) is 64.6 Å². The SMILES string of the molecule is Cc1ncsc1-c1ccc(CNC(=O)C2CCCN2C(=O)C(NC(=O)C2(C#N)CC2)C(C)(C)SC(C)C)cc1. The molecule has 4 rings (SSSR count). The van der Waals surface area contributed by atoms with E-state index in [-0.39, 0.29) is 17.1 Å². The second-order valence-electron chi connectivity index (χ2n) is 11.2. The third-order valence-corrected chi connectivity index (χ3v) is 9.71. The first-order valence-electron chi connectivity index (χ1n) is 13.4. The largest absolute Gasteiger partial charge is 0.350 e. The van der Waals surface area contributed by atoms with Crippen molar-refractivity contribution in [1.82, 2.24) is 20.5 Å². The summed E-state index contributed by atoms with van der Waals surface area (Å²) >= 11 is 3.20. The van der Waals surface area contributed by atoms with E-state index in [0.717, 1.165) is 21.7 Å². The number of amides is 3. The van der Waals surface area contributed by atoms with Gasteiger partial charge in [0, 0.05) is 17.8 Å². The van der Waals surface area contributed by atoms with Gasteiger partial charge in [-0.3, -0.25) is 14.4 Å². The van der Waals surface area contributed by atoms with Crippen LogP contribution in [0, 0.1) is 23.7 Å². The fourth-order valence-electron chi connectivity index (χ4n) is 5.12. The molecule has 8 nitrogen and oxygen atoms in total. The molecule has 2 aliphatic rings. The summed E-state index contributed by atoms with van der Waals surface area (Å²) in [6.07, 6.45) is 2.30. The highest BCUT2D eigenvalue weighted by atomic mass is 32.2. The predicted octanol–water partition coefficient (Wildman–Crippen LogP) is 4.43. The molecule has 2 unspecified atom stereocenters. The Hall–Kier alpha value is -2.90. The molecule has 1 aliphatic heterocycles. The van der Waals surface area contributed by atoms with E-state index in [2.05, 4.69) is 21.7 Å². The summed E-state index contributed by atoms with van der Waals surface area (Å²) in [5.74, 6) is -0.853. The van der Waals surface area contributed by atoms with Gasteiger partial charge in [-0.05, 0) is 62.8 Å². The Balaban J connectivity index is 1.44. The lowest BCUT2D eigenvalue weighted by atomic mass is 9.99. The Morgan fingerprint density at radius 1 is 1.26 bits per heavy atom. The number of likely N-dealkylation sites (tertiary alicyclic amines) is 1. The van der Waals surface area contributed by atoms with Crippen LogP contribution in [0.3, 0.4) is 0 Å². The van der Waals surface area contributed by atoms with Gasteiger partial charge < -0.3 is 15.5 Å². The second-order valence-corrected chi connectivity index (χ2v) is 14.3. The fraction of sp³-hybridized carbons (Fsp3) is 0.552. The summed E-state index contributed by atoms with van der Waals surface area (Å²) in [6, 6.07) is 8.72. The quantitative estimate of drug-likeness (QED) is 0.439. The molecule has 1 aromatic carbocycles. The normalized spacial score (nSPS) is 18.9. The van der Waals surface area contributed by atoms with Crippen LogP contribution in [0.4, 0.5) is 0 Å². The molecule has 0 radical (unpaired) electrons. The molecule has 39 heavy (non-hydrogen) atoms. The number of nitrogens with zero attached hydrogens (tertiary/aromatic N) is 3. The van der Waals surface area contributed by atoms with Gasteiger partial charge in [-0.2, -0.15) is 17.0 Å². The van der Waals surface area contributed by atoms with Crippen molar-refractivity contribution in [3.8, 4) is 16.5 Å². The Kier molecular flexibility index (Phi) is 8.72. The van der Waals surface area contributed by atoms with Crippen molar-refractivity contribution in [2.45, 2.75) is 88.9 Å². The van der Waals surface area contributed by atoms with Crippen LogP contribution in [0.25, 0.3) is 10.4 Å². The number of aromatic nitrogens is 1. The van der Waals surface area contributed by atoms with Crippen molar-refractivity contribution in [1.29, 1.82) is 5.26 Å². The van der Waals surface area contributed by atoms with Gasteiger partial charge in [0.2, 0.25) is 17.7 Å². The molecule has 2 atom stereocenters. The molecule has 2 fully saturated rings. The molecule has 2 heterocycles. The summed E-state index contributed by atoms with van der Waals surface area (Å²) in [7, 11) is 0. The number of thioether (sulfide) groups is 1. The van der Waals surface area contributed by atoms with E-state index in [1.54, 1.807) is 28.0 Å². The third-order valence-electron chi connectivity index (χ3n) is 7.42. The van der Waals surface area contributed by atoms with Gasteiger partial charge in [0.15, 0.2) is 0 Å². The number of nitrogens with one attached hydrogen (secondary N) is 2. The minimum atomic E-state index is -1.03. The predicted molar refractivity (Wildman–Crippen MR) is 155 cm³/mol. The first-order valence-corrected chi connectivity index (χ1v) is 15.2. The summed E-state index contributed by atoms with van der Waals surface area (Å²) in [5, 5.41) is 15.7. The lowest BCUT2D eigenvalue weighted by Gasteiger charge is -2.38. The lowest BCUT2D eigenvalue weighted by molar-refractivity contribution is -0.142. The molecule has 1 saturated carbocycles. The van der Waals surface area contributed by atoms with Crippen molar-refractivity contribution < 1.29 is 14.4 Å². The molecule has 2 N–H and O–H groups in total. The molecule has 10 heteroatoms. The van der Waals surface area contributed by atoms with Crippen LogP contribution in [-0.4, -0.2) is 56.2 Å². The number of carbonyl (C=O) groups excluding carboxylic acids is 3. The van der Waals surface area contributed by atoms with E-state index in [4.69, 9.17) is 0 Å². The van der Waals surface area contributed by atoms with Gasteiger partial charge in [0.05, 0.1) is 22.2 Å². The topological polar surface area (TPSA) is 115 Å². The van der Waals surface area contributed by atoms with Gasteiger partial charge >= 0.3 is 0 Å². The highest BCUT2D eigenvalue weighted by Gasteiger charge is 2.53. The Morgan fingerprint density at radius 2 is 1.95 bits per heavy atom. The number of rotatable bonds is 10. The Bertz CT molecular complexity index is 1260. The van der Waals surface area contributed by atoms with E-state index in [1.165, 1.54) is 0 Å². The summed E-state index contributed by atoms with van der Waals surface area (Å²) < 4.78 is -0.631. The molecule has 1 aromatic heterocycles. The fourth-order valence-corrected chi connectivity index (χ4v) is 7.44. The first kappa shape index (κ1) is 29.1. The number of carbonyl (C=O) groups is 3. The van der Waals surface area contributed by atoms with Crippen molar-refractivity contribution in [2.75, 3.05) is 6.54 Å². The molecule has 1 aliphatic carbocycles. The maximum Gasteiger partial charge on any atom is 0.247 e. The van der Waals surface area contributed by atoms with Crippen LogP contribution >= 0.6 is 23.1 Å². The van der Waals surface area contributed by atoms with E-state index in [1.807, 2.05) is 64.4 Å². The Labute approximate surface area is 238 Å². The molecular weight excluding hydrogens is 530 g/mol. The van der Waals surface area contributed by atoms with E-state index in [9.17, 15) is 19.6 Å². The number of hydrogen-bond acceptors (Lipinski definition) is 7. The van der Waals surface area contributed by atoms with Crippen molar-refractivity contribution in [2.24, 2.45) is 5.41 Å². The minimum Gasteiger partial charge on any atom is -0.350 e. The molecule has 0 spiro atoms. The summed E-state index contributed by atoms with van der Waals surface area (Å²) in [5.41, 5.74) is 3.86. The number of thiazole rings is 1. The number of benzene rings is 1. The smallest absolute Gasteiger partial charge is 0.247 e. The number of aryl methyl sites for hydroxylation is 1. The van der Waals surface area contributed by atoms with Crippen LogP contribution in [0.5, 0.6) is 0 Å². The van der Waals surface area contributed by atoms with Gasteiger partial charge in [-0.1, -0.05) is 38.1 Å². The zero-order chi connectivity index (χ0) is 28.4. The molecule has 2 aromatic rings. The van der Waals surface area contributed by atoms with Crippen LogP contribution in [0.2, 0.25) is 0 Å². The van der Waals surface area contributed by atoms with Gasteiger partial charge in [-0.25, -0.2) is 4.98 Å². The zero-order valence-corrected chi connectivity index (χ0v) is 24.9.